The van der Waals surface area contributed by atoms with Gasteiger partial charge in [0.1, 0.15) is 11.5 Å². The van der Waals surface area contributed by atoms with E-state index >= 15 is 0 Å². The van der Waals surface area contributed by atoms with E-state index in [2.05, 4.69) is 14.5 Å². The molecule has 122 valence electrons. The first kappa shape index (κ1) is 14.8. The van der Waals surface area contributed by atoms with Gasteiger partial charge in [-0.15, -0.1) is 11.3 Å². The molecule has 2 aliphatic rings. The van der Waals surface area contributed by atoms with Crippen LogP contribution in [0, 0.1) is 11.8 Å². The van der Waals surface area contributed by atoms with E-state index in [0.717, 1.165) is 24.9 Å². The predicted octanol–water partition coefficient (Wildman–Crippen LogP) is 2.04. The first-order valence-corrected chi connectivity index (χ1v) is 8.99. The van der Waals surface area contributed by atoms with Gasteiger partial charge >= 0.3 is 0 Å². The van der Waals surface area contributed by atoms with Crippen LogP contribution in [0.3, 0.4) is 0 Å². The van der Waals surface area contributed by atoms with Gasteiger partial charge in [0, 0.05) is 43.4 Å². The largest absolute Gasteiger partial charge is 0.381 e. The van der Waals surface area contributed by atoms with Crippen molar-refractivity contribution in [2.75, 3.05) is 19.8 Å². The van der Waals surface area contributed by atoms with Crippen molar-refractivity contribution in [2.45, 2.75) is 25.9 Å². The van der Waals surface area contributed by atoms with Crippen LogP contribution in [0.1, 0.15) is 29.2 Å². The van der Waals surface area contributed by atoms with Crippen molar-refractivity contribution in [3.8, 4) is 0 Å². The fourth-order valence-corrected chi connectivity index (χ4v) is 3.49. The molecule has 7 heteroatoms. The van der Waals surface area contributed by atoms with Gasteiger partial charge in [-0.2, -0.15) is 0 Å². The molecule has 0 radical (unpaired) electrons. The van der Waals surface area contributed by atoms with Crippen LogP contribution in [-0.2, 0) is 17.8 Å². The second-order valence-electron chi connectivity index (χ2n) is 6.40. The lowest BCUT2D eigenvalue weighted by atomic mass is 10.1. The number of ether oxygens (including phenoxy) is 1. The quantitative estimate of drug-likeness (QED) is 0.841. The summed E-state index contributed by atoms with van der Waals surface area (Å²) in [6.07, 6.45) is 6.38. The molecule has 1 fully saturated rings. The molecule has 0 spiro atoms. The van der Waals surface area contributed by atoms with Gasteiger partial charge in [0.25, 0.3) is 5.91 Å². The van der Waals surface area contributed by atoms with Crippen LogP contribution in [0.4, 0.5) is 0 Å². The average Bonchev–Trinajstić information content (AvgIpc) is 3.07. The fraction of sp³-hybridized carbons (Fsp3) is 0.562. The van der Waals surface area contributed by atoms with Crippen molar-refractivity contribution in [3.05, 3.63) is 34.8 Å². The lowest BCUT2D eigenvalue weighted by Crippen LogP contribution is -2.35. The minimum Gasteiger partial charge on any atom is -0.381 e. The zero-order valence-electron chi connectivity index (χ0n) is 12.9. The normalized spacial score (nSPS) is 21.0. The van der Waals surface area contributed by atoms with Crippen LogP contribution >= 0.6 is 11.3 Å². The molecule has 23 heavy (non-hydrogen) atoms. The first-order chi connectivity index (χ1) is 11.3. The molecule has 0 aromatic carbocycles. The van der Waals surface area contributed by atoms with Crippen LogP contribution in [0.25, 0.3) is 0 Å². The number of imidazole rings is 1. The summed E-state index contributed by atoms with van der Waals surface area (Å²) < 4.78 is 8.02. The van der Waals surface area contributed by atoms with E-state index in [4.69, 9.17) is 4.74 Å². The van der Waals surface area contributed by atoms with E-state index < -0.39 is 0 Å². The summed E-state index contributed by atoms with van der Waals surface area (Å²) in [6.45, 7) is 3.61. The summed E-state index contributed by atoms with van der Waals surface area (Å²) in [5.41, 5.74) is 2.22. The highest BCUT2D eigenvalue weighted by Crippen LogP contribution is 2.29. The van der Waals surface area contributed by atoms with Crippen molar-refractivity contribution >= 4 is 17.2 Å². The Balaban J connectivity index is 1.48. The summed E-state index contributed by atoms with van der Waals surface area (Å²) in [5.74, 6) is 1.96. The number of carbonyl (C=O) groups excluding carboxylic acids is 1. The standard InChI is InChI=1S/C16H20N4O2S/c21-16(14-10-23-11-18-14)20-6-13(9-22-8-12-1-2-12)5-19-4-3-17-15(19)7-20/h3-4,10-13H,1-2,5-9H2. The van der Waals surface area contributed by atoms with Crippen LogP contribution in [0.2, 0.25) is 0 Å². The fourth-order valence-electron chi connectivity index (χ4n) is 2.97. The number of aromatic nitrogens is 3. The smallest absolute Gasteiger partial charge is 0.273 e. The molecule has 1 amide bonds. The average molecular weight is 332 g/mol. The molecule has 2 aromatic heterocycles. The molecule has 1 aliphatic carbocycles. The summed E-state index contributed by atoms with van der Waals surface area (Å²) in [4.78, 5) is 23.1. The van der Waals surface area contributed by atoms with Crippen molar-refractivity contribution in [1.82, 2.24) is 19.4 Å². The topological polar surface area (TPSA) is 60.2 Å². The van der Waals surface area contributed by atoms with Gasteiger partial charge in [-0.05, 0) is 18.8 Å². The summed E-state index contributed by atoms with van der Waals surface area (Å²) in [6, 6.07) is 0. The number of carbonyl (C=O) groups is 1. The third-order valence-corrected chi connectivity index (χ3v) is 5.00. The number of thiazole rings is 1. The highest BCUT2D eigenvalue weighted by molar-refractivity contribution is 7.07. The van der Waals surface area contributed by atoms with Gasteiger partial charge < -0.3 is 14.2 Å². The summed E-state index contributed by atoms with van der Waals surface area (Å²) in [7, 11) is 0. The molecule has 1 aliphatic heterocycles. The predicted molar refractivity (Wildman–Crippen MR) is 86.1 cm³/mol. The lowest BCUT2D eigenvalue weighted by Gasteiger charge is -2.23. The van der Waals surface area contributed by atoms with E-state index in [1.165, 1.54) is 24.2 Å². The Bertz CT molecular complexity index is 665. The molecule has 1 saturated carbocycles. The molecule has 1 atom stereocenters. The monoisotopic (exact) mass is 332 g/mol. The third kappa shape index (κ3) is 3.45. The molecule has 1 unspecified atom stereocenters. The summed E-state index contributed by atoms with van der Waals surface area (Å²) in [5, 5.41) is 1.80. The minimum absolute atomic E-state index is 0.0186. The number of nitrogens with zero attached hydrogens (tertiary/aromatic N) is 4. The maximum Gasteiger partial charge on any atom is 0.273 e. The Morgan fingerprint density at radius 3 is 2.91 bits per heavy atom. The van der Waals surface area contributed by atoms with Gasteiger partial charge in [-0.3, -0.25) is 4.79 Å². The number of amides is 1. The number of hydrogen-bond donors (Lipinski definition) is 0. The zero-order chi connectivity index (χ0) is 15.6. The van der Waals surface area contributed by atoms with Crippen molar-refractivity contribution in [1.29, 1.82) is 0 Å². The van der Waals surface area contributed by atoms with Crippen LogP contribution in [0.15, 0.2) is 23.3 Å². The molecular formula is C16H20N4O2S. The zero-order valence-corrected chi connectivity index (χ0v) is 13.7. The van der Waals surface area contributed by atoms with Crippen molar-refractivity contribution in [3.63, 3.8) is 0 Å². The van der Waals surface area contributed by atoms with Gasteiger partial charge in [-0.25, -0.2) is 9.97 Å². The minimum atomic E-state index is -0.0186. The van der Waals surface area contributed by atoms with E-state index in [1.54, 1.807) is 17.1 Å². The van der Waals surface area contributed by atoms with Crippen LogP contribution in [0.5, 0.6) is 0 Å². The van der Waals surface area contributed by atoms with Crippen LogP contribution < -0.4 is 0 Å². The first-order valence-electron chi connectivity index (χ1n) is 8.05. The maximum atomic E-state index is 12.7. The van der Waals surface area contributed by atoms with E-state index in [1.807, 2.05) is 11.1 Å². The van der Waals surface area contributed by atoms with E-state index in [9.17, 15) is 4.79 Å². The molecule has 2 aromatic rings. The molecule has 0 saturated heterocycles. The van der Waals surface area contributed by atoms with E-state index in [0.29, 0.717) is 25.4 Å². The molecule has 3 heterocycles. The SMILES string of the molecule is O=C(c1cscn1)N1Cc2nccn2CC(COCC2CC2)C1. The number of hydrogen-bond acceptors (Lipinski definition) is 5. The molecular weight excluding hydrogens is 312 g/mol. The third-order valence-electron chi connectivity index (χ3n) is 4.41. The second-order valence-corrected chi connectivity index (χ2v) is 7.12. The molecule has 4 rings (SSSR count). The maximum absolute atomic E-state index is 12.7. The Kier molecular flexibility index (Phi) is 4.13. The Hall–Kier alpha value is -1.73. The Morgan fingerprint density at radius 1 is 1.26 bits per heavy atom. The Morgan fingerprint density at radius 2 is 2.13 bits per heavy atom. The molecule has 6 nitrogen and oxygen atoms in total. The number of rotatable bonds is 5. The highest BCUT2D eigenvalue weighted by atomic mass is 32.1. The van der Waals surface area contributed by atoms with Crippen molar-refractivity contribution < 1.29 is 9.53 Å². The lowest BCUT2D eigenvalue weighted by molar-refractivity contribution is 0.0568. The van der Waals surface area contributed by atoms with Gasteiger partial charge in [0.05, 0.1) is 18.7 Å². The van der Waals surface area contributed by atoms with Gasteiger partial charge in [0.15, 0.2) is 0 Å². The highest BCUT2D eigenvalue weighted by Gasteiger charge is 2.28. The summed E-state index contributed by atoms with van der Waals surface area (Å²) >= 11 is 1.45. The van der Waals surface area contributed by atoms with Crippen molar-refractivity contribution in [2.24, 2.45) is 11.8 Å². The second kappa shape index (κ2) is 6.41. The van der Waals surface area contributed by atoms with E-state index in [-0.39, 0.29) is 11.8 Å². The molecule has 0 N–H and O–H groups in total. The number of fused-ring (bicyclic) bond motifs is 1. The Labute approximate surface area is 139 Å². The van der Waals surface area contributed by atoms with Gasteiger partial charge in [0.2, 0.25) is 0 Å². The van der Waals surface area contributed by atoms with Crippen LogP contribution in [-0.4, -0.2) is 45.1 Å². The molecule has 0 bridgehead atoms. The van der Waals surface area contributed by atoms with Gasteiger partial charge in [-0.1, -0.05) is 0 Å².